The fraction of sp³-hybridized carbons (Fsp3) is 0.929. The van der Waals surface area contributed by atoms with Gasteiger partial charge in [-0.25, -0.2) is 0 Å². The molecule has 0 aromatic rings. The second-order valence-electron chi connectivity index (χ2n) is 11.4. The quantitative estimate of drug-likeness (QED) is 0.163. The van der Waals surface area contributed by atoms with Crippen molar-refractivity contribution in [2.75, 3.05) is 26.4 Å². The minimum absolute atomic E-state index is 0.0219. The van der Waals surface area contributed by atoms with Gasteiger partial charge in [-0.3, -0.25) is 9.59 Å². The van der Waals surface area contributed by atoms with Crippen molar-refractivity contribution in [3.05, 3.63) is 0 Å². The van der Waals surface area contributed by atoms with E-state index in [0.29, 0.717) is 32.2 Å². The lowest BCUT2D eigenvalue weighted by Crippen LogP contribution is -2.64. The number of rotatable bonds is 13. The molecule has 0 aromatic carbocycles. The van der Waals surface area contributed by atoms with E-state index in [9.17, 15) is 30.0 Å². The first-order valence-corrected chi connectivity index (χ1v) is 14.8. The predicted molar refractivity (Wildman–Crippen MR) is 143 cm³/mol. The first-order chi connectivity index (χ1) is 18.8. The highest BCUT2D eigenvalue weighted by Crippen LogP contribution is 2.30. The summed E-state index contributed by atoms with van der Waals surface area (Å²) in [4.78, 5) is 26.3. The van der Waals surface area contributed by atoms with E-state index in [1.54, 1.807) is 4.90 Å². The van der Waals surface area contributed by atoms with Crippen LogP contribution >= 0.6 is 0 Å². The fourth-order valence-electron chi connectivity index (χ4n) is 6.12. The van der Waals surface area contributed by atoms with E-state index in [0.717, 1.165) is 25.2 Å². The lowest BCUT2D eigenvalue weighted by atomic mass is 9.97. The van der Waals surface area contributed by atoms with Crippen molar-refractivity contribution >= 4 is 11.8 Å². The summed E-state index contributed by atoms with van der Waals surface area (Å²) >= 11 is 0. The van der Waals surface area contributed by atoms with Crippen LogP contribution in [0.1, 0.15) is 84.5 Å². The van der Waals surface area contributed by atoms with E-state index in [-0.39, 0.29) is 37.4 Å². The van der Waals surface area contributed by atoms with E-state index < -0.39 is 43.2 Å². The van der Waals surface area contributed by atoms with Crippen LogP contribution < -0.4 is 5.32 Å². The Balaban J connectivity index is 1.37. The van der Waals surface area contributed by atoms with Crippen LogP contribution in [0.15, 0.2) is 0 Å². The van der Waals surface area contributed by atoms with Crippen LogP contribution in [0, 0.1) is 5.92 Å². The summed E-state index contributed by atoms with van der Waals surface area (Å²) in [6.45, 7) is 3.78. The van der Waals surface area contributed by atoms with Crippen LogP contribution in [-0.4, -0.2) is 112 Å². The van der Waals surface area contributed by atoms with Gasteiger partial charge in [0.25, 0.3) is 0 Å². The molecule has 11 heteroatoms. The molecule has 2 aliphatic heterocycles. The van der Waals surface area contributed by atoms with Gasteiger partial charge in [0.2, 0.25) is 11.8 Å². The van der Waals surface area contributed by atoms with Gasteiger partial charge in [-0.2, -0.15) is 0 Å². The van der Waals surface area contributed by atoms with Gasteiger partial charge in [-0.15, -0.1) is 0 Å². The average Bonchev–Trinajstić information content (AvgIpc) is 3.19. The summed E-state index contributed by atoms with van der Waals surface area (Å²) in [6, 6.07) is -1.16. The second kappa shape index (κ2) is 16.2. The first kappa shape index (κ1) is 32.2. The van der Waals surface area contributed by atoms with Gasteiger partial charge in [0.05, 0.1) is 31.5 Å². The highest BCUT2D eigenvalue weighted by molar-refractivity contribution is 5.77. The Kier molecular flexibility index (Phi) is 13.4. The number of hydrogen-bond donors (Lipinski definition) is 5. The van der Waals surface area contributed by atoms with Crippen LogP contribution in [0.4, 0.5) is 0 Å². The summed E-state index contributed by atoms with van der Waals surface area (Å²) in [7, 11) is 0. The molecule has 5 N–H and O–H groups in total. The monoisotopic (exact) mass is 558 g/mol. The van der Waals surface area contributed by atoms with Crippen molar-refractivity contribution in [1.82, 2.24) is 10.2 Å². The normalized spacial score (nSPS) is 35.5. The Morgan fingerprint density at radius 1 is 1.00 bits per heavy atom. The van der Waals surface area contributed by atoms with Crippen molar-refractivity contribution in [2.45, 2.75) is 133 Å². The maximum Gasteiger partial charge on any atom is 0.222 e. The molecule has 0 aromatic heterocycles. The topological polar surface area (TPSA) is 158 Å². The molecule has 2 saturated heterocycles. The molecule has 39 heavy (non-hydrogen) atoms. The number of carbonyl (C=O) groups excluding carboxylic acids is 2. The van der Waals surface area contributed by atoms with Crippen LogP contribution in [0.2, 0.25) is 0 Å². The molecule has 3 rings (SSSR count). The lowest BCUT2D eigenvalue weighted by molar-refractivity contribution is -0.270. The third kappa shape index (κ3) is 9.34. The summed E-state index contributed by atoms with van der Waals surface area (Å²) in [6.07, 6.45) is 5.59. The zero-order chi connectivity index (χ0) is 28.4. The van der Waals surface area contributed by atoms with E-state index in [1.807, 2.05) is 0 Å². The molecule has 0 radical (unpaired) electrons. The first-order valence-electron chi connectivity index (χ1n) is 14.8. The number of likely N-dealkylation sites (tertiary alicyclic amines) is 1. The van der Waals surface area contributed by atoms with Crippen molar-refractivity contribution in [3.63, 3.8) is 0 Å². The highest BCUT2D eigenvalue weighted by Gasteiger charge is 2.45. The molecule has 1 saturated carbocycles. The Morgan fingerprint density at radius 2 is 1.79 bits per heavy atom. The fourth-order valence-corrected chi connectivity index (χ4v) is 6.12. The number of amides is 2. The van der Waals surface area contributed by atoms with Crippen LogP contribution in [0.3, 0.4) is 0 Å². The predicted octanol–water partition coefficient (Wildman–Crippen LogP) is 0.844. The van der Waals surface area contributed by atoms with E-state index in [1.165, 1.54) is 32.6 Å². The van der Waals surface area contributed by atoms with Gasteiger partial charge >= 0.3 is 0 Å². The van der Waals surface area contributed by atoms with Gasteiger partial charge in [0.15, 0.2) is 6.29 Å². The second-order valence-corrected chi connectivity index (χ2v) is 11.4. The molecule has 1 aliphatic carbocycles. The number of nitrogens with one attached hydrogen (secondary N) is 1. The Hall–Kier alpha value is -1.34. The smallest absolute Gasteiger partial charge is 0.222 e. The summed E-state index contributed by atoms with van der Waals surface area (Å²) < 4.78 is 17.7. The van der Waals surface area contributed by atoms with Crippen LogP contribution in [-0.2, 0) is 23.8 Å². The van der Waals surface area contributed by atoms with Gasteiger partial charge in [0, 0.05) is 26.5 Å². The molecule has 7 unspecified atom stereocenters. The van der Waals surface area contributed by atoms with Crippen molar-refractivity contribution in [2.24, 2.45) is 5.92 Å². The molecule has 226 valence electrons. The number of unbranched alkanes of at least 4 members (excludes halogenated alkanes) is 2. The van der Waals surface area contributed by atoms with Crippen molar-refractivity contribution < 1.29 is 44.2 Å². The van der Waals surface area contributed by atoms with Gasteiger partial charge < -0.3 is 44.9 Å². The number of nitrogens with zero attached hydrogens (tertiary/aromatic N) is 1. The minimum atomic E-state index is -1.35. The molecular weight excluding hydrogens is 508 g/mol. The van der Waals surface area contributed by atoms with Crippen LogP contribution in [0.5, 0.6) is 0 Å². The Morgan fingerprint density at radius 3 is 2.49 bits per heavy atom. The number of carbonyl (C=O) groups is 2. The van der Waals surface area contributed by atoms with E-state index in [4.69, 9.17) is 14.2 Å². The standard InChI is InChI=1S/C28H50N2O9/c1-3-19-8-7-9-21(12-11-19)38-22-14-20(16-31)30(15-22)24(34)10-5-4-6-13-37-28-25(29-18(2)33)27(36)26(35)23(17-32)39-28/h19-23,25-28,31-32,35-36H,3-17H2,1-2H3,(H,29,33)/t19?,20-,21?,22+,23?,25?,26?,27?,28?/m0/s1. The maximum atomic E-state index is 12.9. The number of ether oxygens (including phenoxy) is 3. The molecule has 0 bridgehead atoms. The third-order valence-corrected chi connectivity index (χ3v) is 8.47. The number of aliphatic hydroxyl groups is 4. The minimum Gasteiger partial charge on any atom is -0.394 e. The van der Waals surface area contributed by atoms with Gasteiger partial charge in [0.1, 0.15) is 24.4 Å². The largest absolute Gasteiger partial charge is 0.394 e. The van der Waals surface area contributed by atoms with E-state index in [2.05, 4.69) is 12.2 Å². The van der Waals surface area contributed by atoms with Crippen molar-refractivity contribution in [3.8, 4) is 0 Å². The van der Waals surface area contributed by atoms with Gasteiger partial charge in [-0.1, -0.05) is 32.6 Å². The Bertz CT molecular complexity index is 757. The zero-order valence-corrected chi connectivity index (χ0v) is 23.6. The molecule has 2 amide bonds. The average molecular weight is 559 g/mol. The zero-order valence-electron chi connectivity index (χ0n) is 23.6. The molecule has 3 aliphatic rings. The Labute approximate surface area is 232 Å². The number of aliphatic hydroxyl groups excluding tert-OH is 4. The molecule has 9 atom stereocenters. The molecule has 11 nitrogen and oxygen atoms in total. The molecule has 0 spiro atoms. The van der Waals surface area contributed by atoms with E-state index >= 15 is 0 Å². The summed E-state index contributed by atoms with van der Waals surface area (Å²) in [5, 5.41) is 42.3. The maximum absolute atomic E-state index is 12.9. The molecule has 2 heterocycles. The van der Waals surface area contributed by atoms with Gasteiger partial charge in [-0.05, 0) is 44.4 Å². The third-order valence-electron chi connectivity index (χ3n) is 8.47. The lowest BCUT2D eigenvalue weighted by Gasteiger charge is -2.42. The molecule has 3 fully saturated rings. The SMILES string of the molecule is CCC1CCCC(O[C@@H]2C[C@@H](CO)N(C(=O)CCCCCOC3OC(CO)C(O)C(O)C3NC(C)=O)C2)CC1. The summed E-state index contributed by atoms with van der Waals surface area (Å²) in [5.41, 5.74) is 0. The van der Waals surface area contributed by atoms with Crippen LogP contribution in [0.25, 0.3) is 0 Å². The highest BCUT2D eigenvalue weighted by atomic mass is 16.7. The molecular formula is C28H50N2O9. The summed E-state index contributed by atoms with van der Waals surface area (Å²) in [5.74, 6) is 0.415. The van der Waals surface area contributed by atoms with Crippen molar-refractivity contribution in [1.29, 1.82) is 0 Å². The number of hydrogen-bond acceptors (Lipinski definition) is 9.